The van der Waals surface area contributed by atoms with Crippen LogP contribution in [-0.4, -0.2) is 29.3 Å². The quantitative estimate of drug-likeness (QED) is 0.648. The lowest BCUT2D eigenvalue weighted by Gasteiger charge is -1.99. The topological polar surface area (TPSA) is 72.9 Å². The third kappa shape index (κ3) is 2.87. The van der Waals surface area contributed by atoms with Gasteiger partial charge in [0.2, 0.25) is 5.91 Å². The molecule has 0 aromatic carbocycles. The normalized spacial score (nSPS) is 10.2. The molecule has 0 saturated carbocycles. The fourth-order valence-electron chi connectivity index (χ4n) is 1.01. The van der Waals surface area contributed by atoms with Crippen molar-refractivity contribution in [1.29, 1.82) is 0 Å². The van der Waals surface area contributed by atoms with Crippen LogP contribution in [0.1, 0.15) is 17.6 Å². The van der Waals surface area contributed by atoms with Crippen molar-refractivity contribution in [3.05, 3.63) is 12.3 Å². The third-order valence-corrected chi connectivity index (χ3v) is 1.68. The molecule has 1 rings (SSSR count). The van der Waals surface area contributed by atoms with Gasteiger partial charge < -0.3 is 11.1 Å². The van der Waals surface area contributed by atoms with Gasteiger partial charge >= 0.3 is 0 Å². The number of aromatic nitrogens is 2. The standard InChI is InChI=1S/C8H14N4O/c1-10-5-2-3-8(13)12-6-4-7(9)11-12/h4,6,10H,2-3,5H2,1H3,(H2,9,11). The lowest BCUT2D eigenvalue weighted by molar-refractivity contribution is 0.0884. The molecule has 72 valence electrons. The number of hydrogen-bond acceptors (Lipinski definition) is 4. The van der Waals surface area contributed by atoms with Gasteiger partial charge in [0, 0.05) is 18.7 Å². The van der Waals surface area contributed by atoms with Crippen LogP contribution in [0.2, 0.25) is 0 Å². The molecule has 0 bridgehead atoms. The van der Waals surface area contributed by atoms with Crippen LogP contribution in [0.25, 0.3) is 0 Å². The molecule has 5 nitrogen and oxygen atoms in total. The van der Waals surface area contributed by atoms with E-state index >= 15 is 0 Å². The molecule has 3 N–H and O–H groups in total. The highest BCUT2D eigenvalue weighted by Gasteiger charge is 2.04. The molecule has 0 aliphatic carbocycles. The second-order valence-corrected chi connectivity index (χ2v) is 2.79. The largest absolute Gasteiger partial charge is 0.382 e. The highest BCUT2D eigenvalue weighted by molar-refractivity contribution is 5.78. The lowest BCUT2D eigenvalue weighted by atomic mass is 10.3. The fourth-order valence-corrected chi connectivity index (χ4v) is 1.01. The highest BCUT2D eigenvalue weighted by Crippen LogP contribution is 1.98. The molecule has 5 heteroatoms. The zero-order valence-electron chi connectivity index (χ0n) is 7.66. The number of nitrogen functional groups attached to an aromatic ring is 1. The van der Waals surface area contributed by atoms with Crippen LogP contribution >= 0.6 is 0 Å². The Bertz CT molecular complexity index is 281. The molecular weight excluding hydrogens is 168 g/mol. The van der Waals surface area contributed by atoms with Gasteiger partial charge in [-0.15, -0.1) is 5.10 Å². The number of nitrogens with two attached hydrogens (primary N) is 1. The Hall–Kier alpha value is -1.36. The van der Waals surface area contributed by atoms with Crippen LogP contribution in [-0.2, 0) is 0 Å². The molecular formula is C8H14N4O. The Balaban J connectivity index is 2.40. The predicted octanol–water partition coefficient (Wildman–Crippen LogP) is 0.105. The van der Waals surface area contributed by atoms with Gasteiger partial charge in [0.25, 0.3) is 0 Å². The average Bonchev–Trinajstić information content (AvgIpc) is 2.52. The highest BCUT2D eigenvalue weighted by atomic mass is 16.2. The summed E-state index contributed by atoms with van der Waals surface area (Å²) in [5, 5.41) is 6.79. The molecule has 0 amide bonds. The summed E-state index contributed by atoms with van der Waals surface area (Å²) < 4.78 is 1.28. The first-order valence-electron chi connectivity index (χ1n) is 4.23. The zero-order valence-corrected chi connectivity index (χ0v) is 7.66. The molecule has 1 aromatic heterocycles. The minimum atomic E-state index is -0.0213. The molecule has 0 fully saturated rings. The summed E-state index contributed by atoms with van der Waals surface area (Å²) in [6, 6.07) is 1.61. The molecule has 0 unspecified atom stereocenters. The summed E-state index contributed by atoms with van der Waals surface area (Å²) in [5.74, 6) is 0.355. The summed E-state index contributed by atoms with van der Waals surface area (Å²) >= 11 is 0. The number of hydrogen-bond donors (Lipinski definition) is 2. The summed E-state index contributed by atoms with van der Waals surface area (Å²) in [4.78, 5) is 11.3. The van der Waals surface area contributed by atoms with Crippen molar-refractivity contribution in [2.24, 2.45) is 0 Å². The third-order valence-electron chi connectivity index (χ3n) is 1.68. The SMILES string of the molecule is CNCCCC(=O)n1ccc(N)n1. The van der Waals surface area contributed by atoms with Crippen molar-refractivity contribution in [3.8, 4) is 0 Å². The van der Waals surface area contributed by atoms with Crippen molar-refractivity contribution < 1.29 is 4.79 Å². The van der Waals surface area contributed by atoms with Crippen molar-refractivity contribution in [2.75, 3.05) is 19.3 Å². The molecule has 0 radical (unpaired) electrons. The number of carbonyl (C=O) groups is 1. The van der Waals surface area contributed by atoms with E-state index in [9.17, 15) is 4.79 Å². The summed E-state index contributed by atoms with van der Waals surface area (Å²) in [6.07, 6.45) is 2.88. The van der Waals surface area contributed by atoms with Gasteiger partial charge in [-0.25, -0.2) is 4.68 Å². The van der Waals surface area contributed by atoms with Gasteiger partial charge in [-0.05, 0) is 20.0 Å². The fraction of sp³-hybridized carbons (Fsp3) is 0.500. The first-order chi connectivity index (χ1) is 6.24. The van der Waals surface area contributed by atoms with Crippen molar-refractivity contribution in [3.63, 3.8) is 0 Å². The van der Waals surface area contributed by atoms with Gasteiger partial charge in [-0.2, -0.15) is 0 Å². The second kappa shape index (κ2) is 4.61. The van der Waals surface area contributed by atoms with Gasteiger partial charge in [-0.3, -0.25) is 4.79 Å². The monoisotopic (exact) mass is 182 g/mol. The number of carbonyl (C=O) groups excluding carboxylic acids is 1. The number of rotatable bonds is 4. The van der Waals surface area contributed by atoms with Crippen LogP contribution < -0.4 is 11.1 Å². The molecule has 0 saturated heterocycles. The van der Waals surface area contributed by atoms with E-state index in [4.69, 9.17) is 5.73 Å². The molecule has 13 heavy (non-hydrogen) atoms. The van der Waals surface area contributed by atoms with Crippen LogP contribution in [0.3, 0.4) is 0 Å². The molecule has 1 heterocycles. The second-order valence-electron chi connectivity index (χ2n) is 2.79. The Morgan fingerprint density at radius 2 is 2.54 bits per heavy atom. The Morgan fingerprint density at radius 3 is 3.08 bits per heavy atom. The number of nitrogens with one attached hydrogen (secondary N) is 1. The van der Waals surface area contributed by atoms with E-state index in [1.54, 1.807) is 12.3 Å². The predicted molar refractivity (Wildman–Crippen MR) is 50.4 cm³/mol. The van der Waals surface area contributed by atoms with E-state index in [1.807, 2.05) is 7.05 Å². The van der Waals surface area contributed by atoms with Crippen LogP contribution in [0, 0.1) is 0 Å². The number of anilines is 1. The summed E-state index contributed by atoms with van der Waals surface area (Å²) in [5.41, 5.74) is 5.37. The van der Waals surface area contributed by atoms with Gasteiger partial charge in [0.15, 0.2) is 0 Å². The minimum Gasteiger partial charge on any atom is -0.382 e. The summed E-state index contributed by atoms with van der Waals surface area (Å²) in [6.45, 7) is 0.836. The Morgan fingerprint density at radius 1 is 1.77 bits per heavy atom. The van der Waals surface area contributed by atoms with Crippen molar-refractivity contribution in [2.45, 2.75) is 12.8 Å². The first-order valence-corrected chi connectivity index (χ1v) is 4.23. The van der Waals surface area contributed by atoms with Crippen LogP contribution in [0.5, 0.6) is 0 Å². The summed E-state index contributed by atoms with van der Waals surface area (Å²) in [7, 11) is 1.86. The Kier molecular flexibility index (Phi) is 3.45. The van der Waals surface area contributed by atoms with Crippen LogP contribution in [0.4, 0.5) is 5.82 Å². The van der Waals surface area contributed by atoms with Gasteiger partial charge in [0.1, 0.15) is 5.82 Å². The van der Waals surface area contributed by atoms with Gasteiger partial charge in [-0.1, -0.05) is 0 Å². The van der Waals surface area contributed by atoms with E-state index in [-0.39, 0.29) is 5.91 Å². The molecule has 0 aliphatic heterocycles. The maximum Gasteiger partial charge on any atom is 0.246 e. The van der Waals surface area contributed by atoms with E-state index in [0.29, 0.717) is 12.2 Å². The van der Waals surface area contributed by atoms with Gasteiger partial charge in [0.05, 0.1) is 0 Å². The number of nitrogens with zero attached hydrogens (tertiary/aromatic N) is 2. The van der Waals surface area contributed by atoms with E-state index in [1.165, 1.54) is 4.68 Å². The van der Waals surface area contributed by atoms with Crippen molar-refractivity contribution >= 4 is 11.7 Å². The Labute approximate surface area is 76.9 Å². The maximum absolute atomic E-state index is 11.3. The van der Waals surface area contributed by atoms with E-state index in [0.717, 1.165) is 13.0 Å². The van der Waals surface area contributed by atoms with Crippen LogP contribution in [0.15, 0.2) is 12.3 Å². The smallest absolute Gasteiger partial charge is 0.246 e. The molecule has 0 aliphatic rings. The zero-order chi connectivity index (χ0) is 9.68. The lowest BCUT2D eigenvalue weighted by Crippen LogP contribution is -2.15. The first kappa shape index (κ1) is 9.73. The molecule has 0 atom stereocenters. The maximum atomic E-state index is 11.3. The van der Waals surface area contributed by atoms with E-state index in [2.05, 4.69) is 10.4 Å². The van der Waals surface area contributed by atoms with Crippen molar-refractivity contribution in [1.82, 2.24) is 15.1 Å². The average molecular weight is 182 g/mol. The molecule has 0 spiro atoms. The minimum absolute atomic E-state index is 0.0213. The molecule has 1 aromatic rings. The van der Waals surface area contributed by atoms with E-state index < -0.39 is 0 Å².